The molecule has 3 nitrogen and oxygen atoms in total. The van der Waals surface area contributed by atoms with E-state index >= 15 is 0 Å². The van der Waals surface area contributed by atoms with Crippen LogP contribution in [0.3, 0.4) is 0 Å². The molecule has 1 saturated heterocycles. The Morgan fingerprint density at radius 1 is 1.50 bits per heavy atom. The van der Waals surface area contributed by atoms with E-state index in [1.165, 1.54) is 24.2 Å². The highest BCUT2D eigenvalue weighted by Gasteiger charge is 2.17. The van der Waals surface area contributed by atoms with Crippen LogP contribution in [0.15, 0.2) is 11.4 Å². The molecule has 76 valence electrons. The molecular weight excluding hydrogens is 198 g/mol. The van der Waals surface area contributed by atoms with Gasteiger partial charge in [-0.2, -0.15) is 0 Å². The summed E-state index contributed by atoms with van der Waals surface area (Å²) in [5.74, 6) is -0.797. The highest BCUT2D eigenvalue weighted by atomic mass is 32.1. The lowest BCUT2D eigenvalue weighted by atomic mass is 10.2. The first-order chi connectivity index (χ1) is 6.77. The van der Waals surface area contributed by atoms with Crippen molar-refractivity contribution in [1.82, 2.24) is 4.90 Å². The van der Waals surface area contributed by atoms with Gasteiger partial charge in [-0.1, -0.05) is 0 Å². The predicted molar refractivity (Wildman–Crippen MR) is 55.8 cm³/mol. The van der Waals surface area contributed by atoms with Crippen molar-refractivity contribution in [3.8, 4) is 0 Å². The average molecular weight is 211 g/mol. The van der Waals surface area contributed by atoms with Crippen molar-refractivity contribution in [3.05, 3.63) is 21.9 Å². The van der Waals surface area contributed by atoms with Crippen LogP contribution >= 0.6 is 11.3 Å². The number of carboxylic acid groups (broad SMARTS) is 1. The highest BCUT2D eigenvalue weighted by molar-refractivity contribution is 7.12. The summed E-state index contributed by atoms with van der Waals surface area (Å²) in [7, 11) is 0. The number of aromatic carboxylic acids is 1. The van der Waals surface area contributed by atoms with Crippen molar-refractivity contribution in [2.75, 3.05) is 13.1 Å². The molecule has 0 aromatic carbocycles. The standard InChI is InChI=1S/C10H13NO2S/c12-10(13)9-8(3-6-14-9)7-11-4-1-2-5-11/h3,6H,1-2,4-5,7H2,(H,12,13). The molecule has 1 aliphatic heterocycles. The van der Waals surface area contributed by atoms with Gasteiger partial charge in [0.25, 0.3) is 0 Å². The summed E-state index contributed by atoms with van der Waals surface area (Å²) in [6.07, 6.45) is 2.49. The van der Waals surface area contributed by atoms with Crippen LogP contribution in [-0.4, -0.2) is 29.1 Å². The quantitative estimate of drug-likeness (QED) is 0.831. The van der Waals surface area contributed by atoms with Gasteiger partial charge in [-0.15, -0.1) is 11.3 Å². The molecule has 14 heavy (non-hydrogen) atoms. The third kappa shape index (κ3) is 1.96. The van der Waals surface area contributed by atoms with Gasteiger partial charge in [0.05, 0.1) is 0 Å². The van der Waals surface area contributed by atoms with Crippen LogP contribution < -0.4 is 0 Å². The molecule has 1 fully saturated rings. The normalized spacial score (nSPS) is 17.4. The lowest BCUT2D eigenvalue weighted by Gasteiger charge is -2.13. The summed E-state index contributed by atoms with van der Waals surface area (Å²) in [4.78, 5) is 13.7. The maximum absolute atomic E-state index is 10.8. The van der Waals surface area contributed by atoms with Crippen molar-refractivity contribution in [2.24, 2.45) is 0 Å². The molecule has 1 aromatic heterocycles. The fraction of sp³-hybridized carbons (Fsp3) is 0.500. The third-order valence-corrected chi connectivity index (χ3v) is 3.48. The minimum atomic E-state index is -0.797. The molecule has 0 saturated carbocycles. The summed E-state index contributed by atoms with van der Waals surface area (Å²) in [6.45, 7) is 3.01. The van der Waals surface area contributed by atoms with E-state index in [1.54, 1.807) is 0 Å². The van der Waals surface area contributed by atoms with Crippen molar-refractivity contribution >= 4 is 17.3 Å². The Balaban J connectivity index is 2.07. The second kappa shape index (κ2) is 4.11. The van der Waals surface area contributed by atoms with E-state index in [2.05, 4.69) is 4.90 Å². The Hall–Kier alpha value is -0.870. The molecule has 0 spiro atoms. The molecule has 1 aromatic rings. The summed E-state index contributed by atoms with van der Waals surface area (Å²) in [6, 6.07) is 1.92. The third-order valence-electron chi connectivity index (χ3n) is 2.53. The molecule has 2 heterocycles. The minimum Gasteiger partial charge on any atom is -0.477 e. The van der Waals surface area contributed by atoms with Gasteiger partial charge in [-0.05, 0) is 42.9 Å². The van der Waals surface area contributed by atoms with Crippen LogP contribution in [0.25, 0.3) is 0 Å². The van der Waals surface area contributed by atoms with Crippen LogP contribution in [0.4, 0.5) is 0 Å². The first kappa shape index (κ1) is 9.68. The fourth-order valence-electron chi connectivity index (χ4n) is 1.83. The lowest BCUT2D eigenvalue weighted by molar-refractivity contribution is 0.0700. The van der Waals surface area contributed by atoms with Crippen LogP contribution in [0.5, 0.6) is 0 Å². The first-order valence-electron chi connectivity index (χ1n) is 4.79. The van der Waals surface area contributed by atoms with Crippen LogP contribution in [0.1, 0.15) is 28.1 Å². The molecule has 4 heteroatoms. The second-order valence-corrected chi connectivity index (χ2v) is 4.48. The molecule has 0 radical (unpaired) electrons. The van der Waals surface area contributed by atoms with Gasteiger partial charge >= 0.3 is 5.97 Å². The Morgan fingerprint density at radius 2 is 2.21 bits per heavy atom. The van der Waals surface area contributed by atoms with Gasteiger partial charge in [-0.25, -0.2) is 4.79 Å². The van der Waals surface area contributed by atoms with Crippen molar-refractivity contribution in [2.45, 2.75) is 19.4 Å². The number of carbonyl (C=O) groups is 1. The highest BCUT2D eigenvalue weighted by Crippen LogP contribution is 2.20. The zero-order valence-corrected chi connectivity index (χ0v) is 8.72. The van der Waals surface area contributed by atoms with Crippen molar-refractivity contribution < 1.29 is 9.90 Å². The number of rotatable bonds is 3. The minimum absolute atomic E-state index is 0.497. The van der Waals surface area contributed by atoms with E-state index < -0.39 is 5.97 Å². The monoisotopic (exact) mass is 211 g/mol. The Bertz CT molecular complexity index is 329. The molecule has 1 N–H and O–H groups in total. The molecule has 0 aliphatic carbocycles. The van der Waals surface area contributed by atoms with E-state index in [0.29, 0.717) is 4.88 Å². The Labute approximate surface area is 87.0 Å². The zero-order valence-electron chi connectivity index (χ0n) is 7.90. The molecule has 0 bridgehead atoms. The molecule has 0 atom stereocenters. The predicted octanol–water partition coefficient (Wildman–Crippen LogP) is 2.04. The molecule has 0 unspecified atom stereocenters. The van der Waals surface area contributed by atoms with E-state index in [1.807, 2.05) is 11.4 Å². The number of thiophene rings is 1. The largest absolute Gasteiger partial charge is 0.477 e. The van der Waals surface area contributed by atoms with Gasteiger partial charge in [0.2, 0.25) is 0 Å². The SMILES string of the molecule is O=C(O)c1sccc1CN1CCCC1. The zero-order chi connectivity index (χ0) is 9.97. The molecule has 1 aliphatic rings. The maximum Gasteiger partial charge on any atom is 0.346 e. The average Bonchev–Trinajstić information content (AvgIpc) is 2.75. The van der Waals surface area contributed by atoms with Crippen molar-refractivity contribution in [3.63, 3.8) is 0 Å². The lowest BCUT2D eigenvalue weighted by Crippen LogP contribution is -2.19. The smallest absolute Gasteiger partial charge is 0.346 e. The van der Waals surface area contributed by atoms with Crippen LogP contribution in [0.2, 0.25) is 0 Å². The number of likely N-dealkylation sites (tertiary alicyclic amines) is 1. The fourth-order valence-corrected chi connectivity index (χ4v) is 2.58. The summed E-state index contributed by atoms with van der Waals surface area (Å²) in [5, 5.41) is 10.8. The van der Waals surface area contributed by atoms with E-state index in [0.717, 1.165) is 25.2 Å². The topological polar surface area (TPSA) is 40.5 Å². The van der Waals surface area contributed by atoms with Gasteiger partial charge < -0.3 is 5.11 Å². The number of hydrogen-bond acceptors (Lipinski definition) is 3. The van der Waals surface area contributed by atoms with Gasteiger partial charge in [-0.3, -0.25) is 4.90 Å². The van der Waals surface area contributed by atoms with E-state index in [-0.39, 0.29) is 0 Å². The number of nitrogens with zero attached hydrogens (tertiary/aromatic N) is 1. The number of hydrogen-bond donors (Lipinski definition) is 1. The van der Waals surface area contributed by atoms with Gasteiger partial charge in [0.15, 0.2) is 0 Å². The summed E-state index contributed by atoms with van der Waals surface area (Å²) >= 11 is 1.31. The van der Waals surface area contributed by atoms with E-state index in [4.69, 9.17) is 5.11 Å². The Kier molecular flexibility index (Phi) is 2.84. The van der Waals surface area contributed by atoms with Gasteiger partial charge in [0.1, 0.15) is 4.88 Å². The van der Waals surface area contributed by atoms with Crippen LogP contribution in [-0.2, 0) is 6.54 Å². The van der Waals surface area contributed by atoms with Crippen LogP contribution in [0, 0.1) is 0 Å². The summed E-state index contributed by atoms with van der Waals surface area (Å²) < 4.78 is 0. The van der Waals surface area contributed by atoms with Gasteiger partial charge in [0, 0.05) is 6.54 Å². The Morgan fingerprint density at radius 3 is 2.86 bits per heavy atom. The molecule has 0 amide bonds. The maximum atomic E-state index is 10.8. The van der Waals surface area contributed by atoms with Crippen molar-refractivity contribution in [1.29, 1.82) is 0 Å². The second-order valence-electron chi connectivity index (χ2n) is 3.56. The molecule has 2 rings (SSSR count). The first-order valence-corrected chi connectivity index (χ1v) is 5.67. The summed E-state index contributed by atoms with van der Waals surface area (Å²) in [5.41, 5.74) is 0.962. The van der Waals surface area contributed by atoms with E-state index in [9.17, 15) is 4.79 Å². The molecular formula is C10H13NO2S. The number of carboxylic acids is 1.